The molecule has 0 spiro atoms. The third-order valence-electron chi connectivity index (χ3n) is 3.12. The second-order valence-electron chi connectivity index (χ2n) is 5.11. The first kappa shape index (κ1) is 14.7. The molecule has 1 heterocycles. The molecule has 0 aliphatic heterocycles. The van der Waals surface area contributed by atoms with Gasteiger partial charge in [0, 0.05) is 6.20 Å². The van der Waals surface area contributed by atoms with Gasteiger partial charge >= 0.3 is 5.97 Å². The van der Waals surface area contributed by atoms with Crippen LogP contribution in [0, 0.1) is 6.92 Å². The SMILES string of the molecule is CCCNC(C)(CC(C)n1cc(C)cn1)C(=O)O. The van der Waals surface area contributed by atoms with Crippen LogP contribution >= 0.6 is 0 Å². The number of aryl methyl sites for hydroxylation is 1. The lowest BCUT2D eigenvalue weighted by Crippen LogP contribution is -2.51. The van der Waals surface area contributed by atoms with Crippen molar-refractivity contribution in [2.75, 3.05) is 6.54 Å². The topological polar surface area (TPSA) is 67.2 Å². The van der Waals surface area contributed by atoms with Crippen LogP contribution in [0.25, 0.3) is 0 Å². The average molecular weight is 253 g/mol. The van der Waals surface area contributed by atoms with Gasteiger partial charge in [0.15, 0.2) is 0 Å². The monoisotopic (exact) mass is 253 g/mol. The summed E-state index contributed by atoms with van der Waals surface area (Å²) in [6, 6.07) is 0.0455. The van der Waals surface area contributed by atoms with Gasteiger partial charge in [-0.25, -0.2) is 0 Å². The number of rotatable bonds is 7. The first-order valence-electron chi connectivity index (χ1n) is 6.38. The summed E-state index contributed by atoms with van der Waals surface area (Å²) in [5, 5.41) is 16.7. The Morgan fingerprint density at radius 2 is 2.33 bits per heavy atom. The molecule has 0 saturated heterocycles. The molecule has 1 aromatic rings. The molecule has 102 valence electrons. The number of aliphatic carboxylic acids is 1. The van der Waals surface area contributed by atoms with Crippen molar-refractivity contribution in [3.63, 3.8) is 0 Å². The van der Waals surface area contributed by atoms with E-state index in [9.17, 15) is 9.90 Å². The van der Waals surface area contributed by atoms with E-state index in [0.29, 0.717) is 13.0 Å². The van der Waals surface area contributed by atoms with Crippen LogP contribution in [0.2, 0.25) is 0 Å². The molecule has 0 radical (unpaired) electrons. The zero-order valence-electron chi connectivity index (χ0n) is 11.6. The number of nitrogens with one attached hydrogen (secondary N) is 1. The first-order valence-corrected chi connectivity index (χ1v) is 6.38. The Bertz CT molecular complexity index is 403. The highest BCUT2D eigenvalue weighted by atomic mass is 16.4. The average Bonchev–Trinajstić information content (AvgIpc) is 2.73. The first-order chi connectivity index (χ1) is 8.39. The predicted molar refractivity (Wildman–Crippen MR) is 70.6 cm³/mol. The van der Waals surface area contributed by atoms with E-state index in [1.165, 1.54) is 0 Å². The Labute approximate surface area is 108 Å². The number of carbonyl (C=O) groups is 1. The summed E-state index contributed by atoms with van der Waals surface area (Å²) in [4.78, 5) is 11.4. The van der Waals surface area contributed by atoms with E-state index in [4.69, 9.17) is 0 Å². The van der Waals surface area contributed by atoms with Crippen LogP contribution in [0.5, 0.6) is 0 Å². The number of nitrogens with zero attached hydrogens (tertiary/aromatic N) is 2. The molecule has 0 aromatic carbocycles. The fourth-order valence-electron chi connectivity index (χ4n) is 1.99. The van der Waals surface area contributed by atoms with Gasteiger partial charge in [-0.05, 0) is 45.7 Å². The molecule has 2 unspecified atom stereocenters. The summed E-state index contributed by atoms with van der Waals surface area (Å²) in [6.45, 7) is 8.42. The molecule has 2 N–H and O–H groups in total. The van der Waals surface area contributed by atoms with Crippen LogP contribution in [0.4, 0.5) is 0 Å². The van der Waals surface area contributed by atoms with Crippen molar-refractivity contribution in [3.05, 3.63) is 18.0 Å². The Morgan fingerprint density at radius 3 is 2.78 bits per heavy atom. The maximum Gasteiger partial charge on any atom is 0.323 e. The number of carboxylic acids is 1. The summed E-state index contributed by atoms with van der Waals surface area (Å²) in [5.74, 6) is -0.813. The minimum absolute atomic E-state index is 0.0455. The van der Waals surface area contributed by atoms with Gasteiger partial charge in [0.2, 0.25) is 0 Å². The molecule has 18 heavy (non-hydrogen) atoms. The van der Waals surface area contributed by atoms with E-state index in [1.54, 1.807) is 13.1 Å². The number of carboxylic acid groups (broad SMARTS) is 1. The van der Waals surface area contributed by atoms with Crippen molar-refractivity contribution in [2.45, 2.75) is 52.1 Å². The van der Waals surface area contributed by atoms with Crippen LogP contribution in [0.3, 0.4) is 0 Å². The lowest BCUT2D eigenvalue weighted by atomic mass is 9.93. The minimum atomic E-state index is -0.907. The molecule has 0 saturated carbocycles. The molecule has 0 bridgehead atoms. The molecular formula is C13H23N3O2. The fourth-order valence-corrected chi connectivity index (χ4v) is 1.99. The lowest BCUT2D eigenvalue weighted by molar-refractivity contribution is -0.144. The summed E-state index contributed by atoms with van der Waals surface area (Å²) in [7, 11) is 0. The second kappa shape index (κ2) is 6.00. The third kappa shape index (κ3) is 3.57. The van der Waals surface area contributed by atoms with Gasteiger partial charge in [-0.3, -0.25) is 9.48 Å². The largest absolute Gasteiger partial charge is 0.480 e. The van der Waals surface area contributed by atoms with Crippen molar-refractivity contribution < 1.29 is 9.90 Å². The van der Waals surface area contributed by atoms with Gasteiger partial charge in [-0.15, -0.1) is 0 Å². The summed E-state index contributed by atoms with van der Waals surface area (Å²) in [5.41, 5.74) is 0.176. The molecule has 2 atom stereocenters. The Kier molecular flexibility index (Phi) is 4.90. The Balaban J connectivity index is 2.74. The maximum atomic E-state index is 11.4. The van der Waals surface area contributed by atoms with Gasteiger partial charge in [0.1, 0.15) is 5.54 Å². The zero-order chi connectivity index (χ0) is 13.8. The highest BCUT2D eigenvalue weighted by molar-refractivity contribution is 5.78. The van der Waals surface area contributed by atoms with Crippen molar-refractivity contribution in [2.24, 2.45) is 0 Å². The minimum Gasteiger partial charge on any atom is -0.480 e. The molecule has 1 aromatic heterocycles. The fraction of sp³-hybridized carbons (Fsp3) is 0.692. The van der Waals surface area contributed by atoms with Gasteiger partial charge in [-0.1, -0.05) is 6.92 Å². The highest BCUT2D eigenvalue weighted by Crippen LogP contribution is 2.21. The summed E-state index contributed by atoms with van der Waals surface area (Å²) >= 11 is 0. The predicted octanol–water partition coefficient (Wildman–Crippen LogP) is 1.99. The molecule has 5 nitrogen and oxygen atoms in total. The third-order valence-corrected chi connectivity index (χ3v) is 3.12. The molecular weight excluding hydrogens is 230 g/mol. The normalized spacial score (nSPS) is 16.2. The maximum absolute atomic E-state index is 11.4. The number of hydrogen-bond donors (Lipinski definition) is 2. The molecule has 5 heteroatoms. The van der Waals surface area contributed by atoms with E-state index >= 15 is 0 Å². The highest BCUT2D eigenvalue weighted by Gasteiger charge is 2.34. The molecule has 0 aliphatic carbocycles. The Morgan fingerprint density at radius 1 is 1.67 bits per heavy atom. The van der Waals surface area contributed by atoms with Gasteiger partial charge in [-0.2, -0.15) is 5.10 Å². The van der Waals surface area contributed by atoms with Gasteiger partial charge in [0.25, 0.3) is 0 Å². The van der Waals surface area contributed by atoms with E-state index in [0.717, 1.165) is 12.0 Å². The Hall–Kier alpha value is -1.36. The lowest BCUT2D eigenvalue weighted by Gasteiger charge is -2.29. The van der Waals surface area contributed by atoms with E-state index in [-0.39, 0.29) is 6.04 Å². The second-order valence-corrected chi connectivity index (χ2v) is 5.11. The van der Waals surface area contributed by atoms with E-state index in [2.05, 4.69) is 10.4 Å². The number of aromatic nitrogens is 2. The van der Waals surface area contributed by atoms with Crippen LogP contribution in [-0.2, 0) is 4.79 Å². The number of hydrogen-bond acceptors (Lipinski definition) is 3. The summed E-state index contributed by atoms with van der Waals surface area (Å²) in [6.07, 6.45) is 5.14. The van der Waals surface area contributed by atoms with E-state index < -0.39 is 11.5 Å². The van der Waals surface area contributed by atoms with Crippen LogP contribution < -0.4 is 5.32 Å². The van der Waals surface area contributed by atoms with Crippen molar-refractivity contribution in [3.8, 4) is 0 Å². The molecule has 0 fully saturated rings. The van der Waals surface area contributed by atoms with Gasteiger partial charge < -0.3 is 10.4 Å². The molecule has 0 aliphatic rings. The van der Waals surface area contributed by atoms with Crippen molar-refractivity contribution in [1.29, 1.82) is 0 Å². The van der Waals surface area contributed by atoms with Crippen LogP contribution in [0.15, 0.2) is 12.4 Å². The van der Waals surface area contributed by atoms with Crippen LogP contribution in [0.1, 0.15) is 45.2 Å². The smallest absolute Gasteiger partial charge is 0.323 e. The molecule has 1 rings (SSSR count). The van der Waals surface area contributed by atoms with Gasteiger partial charge in [0.05, 0.1) is 12.2 Å². The van der Waals surface area contributed by atoms with Crippen LogP contribution in [-0.4, -0.2) is 32.9 Å². The van der Waals surface area contributed by atoms with E-state index in [1.807, 2.05) is 31.6 Å². The van der Waals surface area contributed by atoms with Crippen molar-refractivity contribution in [1.82, 2.24) is 15.1 Å². The van der Waals surface area contributed by atoms with Crippen molar-refractivity contribution >= 4 is 5.97 Å². The summed E-state index contributed by atoms with van der Waals surface area (Å²) < 4.78 is 1.82. The standard InChI is InChI=1S/C13H23N3O2/c1-5-6-14-13(4,12(17)18)7-11(3)16-9-10(2)8-15-16/h8-9,11,14H,5-7H2,1-4H3,(H,17,18). The molecule has 0 amide bonds. The zero-order valence-corrected chi connectivity index (χ0v) is 11.6. The quantitative estimate of drug-likeness (QED) is 0.779.